The summed E-state index contributed by atoms with van der Waals surface area (Å²) in [7, 11) is 0. The van der Waals surface area contributed by atoms with Crippen LogP contribution in [-0.4, -0.2) is 5.91 Å². The molecule has 6 heteroatoms. The lowest BCUT2D eigenvalue weighted by Crippen LogP contribution is -2.12. The number of rotatable bonds is 2. The van der Waals surface area contributed by atoms with E-state index in [9.17, 15) is 4.79 Å². The third kappa shape index (κ3) is 4.08. The number of hydrogen-bond acceptors (Lipinski definition) is 1. The maximum absolute atomic E-state index is 12.1. The van der Waals surface area contributed by atoms with Crippen LogP contribution in [0.2, 0.25) is 10.0 Å². The molecule has 0 saturated heterocycles. The van der Waals surface area contributed by atoms with Crippen molar-refractivity contribution >= 4 is 73.3 Å². The topological polar surface area (TPSA) is 29.1 Å². The summed E-state index contributed by atoms with van der Waals surface area (Å²) in [6, 6.07) is 10.3. The first-order chi connectivity index (χ1) is 8.95. The molecule has 2 nitrogen and oxygen atoms in total. The molecule has 0 atom stereocenters. The Balaban J connectivity index is 2.25. The predicted molar refractivity (Wildman–Crippen MR) is 91.3 cm³/mol. The summed E-state index contributed by atoms with van der Waals surface area (Å²) in [5.41, 5.74) is 1.20. The molecular formula is C13H7BrCl2INO. The van der Waals surface area contributed by atoms with Gasteiger partial charge in [-0.1, -0.05) is 39.1 Å². The van der Waals surface area contributed by atoms with Crippen LogP contribution in [0.4, 0.5) is 5.69 Å². The summed E-state index contributed by atoms with van der Waals surface area (Å²) >= 11 is 17.2. The quantitative estimate of drug-likeness (QED) is 0.568. The number of halogens is 4. The third-order valence-electron chi connectivity index (χ3n) is 2.30. The molecule has 0 heterocycles. The Hall–Kier alpha value is -0.300. The molecule has 0 bridgehead atoms. The van der Waals surface area contributed by atoms with Gasteiger partial charge in [0.1, 0.15) is 0 Å². The highest BCUT2D eigenvalue weighted by Crippen LogP contribution is 2.24. The number of nitrogens with one attached hydrogen (secondary N) is 1. The zero-order chi connectivity index (χ0) is 14.0. The normalized spacial score (nSPS) is 10.3. The Labute approximate surface area is 142 Å². The van der Waals surface area contributed by atoms with E-state index in [4.69, 9.17) is 23.2 Å². The molecule has 1 N–H and O–H groups in total. The van der Waals surface area contributed by atoms with Crippen molar-refractivity contribution in [3.63, 3.8) is 0 Å². The van der Waals surface area contributed by atoms with Gasteiger partial charge in [0.05, 0.1) is 5.69 Å². The van der Waals surface area contributed by atoms with Crippen molar-refractivity contribution < 1.29 is 4.79 Å². The summed E-state index contributed by atoms with van der Waals surface area (Å²) < 4.78 is 1.63. The Morgan fingerprint density at radius 1 is 1.11 bits per heavy atom. The average molecular weight is 471 g/mol. The van der Waals surface area contributed by atoms with E-state index in [1.54, 1.807) is 36.4 Å². The van der Waals surface area contributed by atoms with Crippen LogP contribution in [0.3, 0.4) is 0 Å². The first-order valence-corrected chi connectivity index (χ1v) is 7.81. The highest BCUT2D eigenvalue weighted by Gasteiger charge is 2.10. The monoisotopic (exact) mass is 469 g/mol. The highest BCUT2D eigenvalue weighted by molar-refractivity contribution is 14.1. The zero-order valence-corrected chi connectivity index (χ0v) is 14.6. The van der Waals surface area contributed by atoms with E-state index in [0.29, 0.717) is 21.3 Å². The molecule has 0 aliphatic rings. The van der Waals surface area contributed by atoms with Crippen LogP contribution in [0, 0.1) is 3.57 Å². The third-order valence-corrected chi connectivity index (χ3v) is 4.11. The van der Waals surface area contributed by atoms with Gasteiger partial charge >= 0.3 is 0 Å². The second-order valence-electron chi connectivity index (χ2n) is 3.74. The first kappa shape index (κ1) is 15.1. The van der Waals surface area contributed by atoms with Crippen LogP contribution in [0.1, 0.15) is 10.4 Å². The number of carbonyl (C=O) groups excluding carboxylic acids is 1. The van der Waals surface area contributed by atoms with Crippen LogP contribution in [0.15, 0.2) is 40.9 Å². The van der Waals surface area contributed by atoms with Crippen LogP contribution >= 0.6 is 61.7 Å². The van der Waals surface area contributed by atoms with Crippen molar-refractivity contribution in [2.24, 2.45) is 0 Å². The van der Waals surface area contributed by atoms with E-state index in [1.807, 2.05) is 0 Å². The number of anilines is 1. The molecular weight excluding hydrogens is 464 g/mol. The van der Waals surface area contributed by atoms with E-state index >= 15 is 0 Å². The second kappa shape index (κ2) is 6.43. The number of amides is 1. The minimum Gasteiger partial charge on any atom is -0.321 e. The van der Waals surface area contributed by atoms with Gasteiger partial charge in [0, 0.05) is 23.7 Å². The maximum Gasteiger partial charge on any atom is 0.255 e. The molecule has 19 heavy (non-hydrogen) atoms. The second-order valence-corrected chi connectivity index (χ2v) is 6.69. The van der Waals surface area contributed by atoms with Gasteiger partial charge in [0.15, 0.2) is 0 Å². The smallest absolute Gasteiger partial charge is 0.255 e. The van der Waals surface area contributed by atoms with E-state index < -0.39 is 0 Å². The van der Waals surface area contributed by atoms with Gasteiger partial charge in [0.25, 0.3) is 5.91 Å². The molecule has 2 aromatic carbocycles. The predicted octanol–water partition coefficient (Wildman–Crippen LogP) is 5.61. The van der Waals surface area contributed by atoms with E-state index in [1.165, 1.54) is 0 Å². The van der Waals surface area contributed by atoms with Gasteiger partial charge in [-0.25, -0.2) is 0 Å². The molecule has 0 aromatic heterocycles. The van der Waals surface area contributed by atoms with Gasteiger partial charge in [-0.3, -0.25) is 4.79 Å². The summed E-state index contributed by atoms with van der Waals surface area (Å²) in [4.78, 5) is 12.1. The van der Waals surface area contributed by atoms with Gasteiger partial charge in [-0.15, -0.1) is 0 Å². The van der Waals surface area contributed by atoms with Gasteiger partial charge in [-0.05, 0) is 59.0 Å². The fraction of sp³-hybridized carbons (Fsp3) is 0. The SMILES string of the molecule is O=C(Nc1ccc(Cl)cc1I)c1cc(Cl)cc(Br)c1. The van der Waals surface area contributed by atoms with Crippen LogP contribution in [-0.2, 0) is 0 Å². The van der Waals surface area contributed by atoms with Crippen LogP contribution in [0.25, 0.3) is 0 Å². The molecule has 0 unspecified atom stereocenters. The lowest BCUT2D eigenvalue weighted by Gasteiger charge is -2.08. The molecule has 0 spiro atoms. The summed E-state index contributed by atoms with van der Waals surface area (Å²) in [5, 5.41) is 3.96. The number of carbonyl (C=O) groups is 1. The minimum atomic E-state index is -0.219. The first-order valence-electron chi connectivity index (χ1n) is 5.18. The molecule has 0 aliphatic heterocycles. The standard InChI is InChI=1S/C13H7BrCl2INO/c14-8-3-7(4-10(16)5-8)13(19)18-12-2-1-9(15)6-11(12)17/h1-6H,(H,18,19). The largest absolute Gasteiger partial charge is 0.321 e. The van der Waals surface area contributed by atoms with Crippen molar-refractivity contribution in [3.05, 3.63) is 60.0 Å². The molecule has 2 rings (SSSR count). The molecule has 0 saturated carbocycles. The Morgan fingerprint density at radius 3 is 2.47 bits per heavy atom. The molecule has 1 amide bonds. The lowest BCUT2D eigenvalue weighted by atomic mass is 10.2. The van der Waals surface area contributed by atoms with Crippen molar-refractivity contribution in [1.29, 1.82) is 0 Å². The van der Waals surface area contributed by atoms with E-state index in [-0.39, 0.29) is 5.91 Å². The Bertz CT molecular complexity index is 628. The highest BCUT2D eigenvalue weighted by atomic mass is 127. The molecule has 0 fully saturated rings. The molecule has 98 valence electrons. The van der Waals surface area contributed by atoms with Crippen molar-refractivity contribution in [2.45, 2.75) is 0 Å². The van der Waals surface area contributed by atoms with Crippen LogP contribution in [0.5, 0.6) is 0 Å². The molecule has 0 aliphatic carbocycles. The van der Waals surface area contributed by atoms with Crippen molar-refractivity contribution in [2.75, 3.05) is 5.32 Å². The minimum absolute atomic E-state index is 0.219. The fourth-order valence-electron chi connectivity index (χ4n) is 1.47. The van der Waals surface area contributed by atoms with E-state index in [2.05, 4.69) is 43.8 Å². The van der Waals surface area contributed by atoms with E-state index in [0.717, 1.165) is 8.04 Å². The Kier molecular flexibility index (Phi) is 5.11. The van der Waals surface area contributed by atoms with Gasteiger partial charge in [0.2, 0.25) is 0 Å². The average Bonchev–Trinajstić information content (AvgIpc) is 2.31. The fourth-order valence-corrected chi connectivity index (χ4v) is 3.34. The molecule has 2 aromatic rings. The van der Waals surface area contributed by atoms with Crippen molar-refractivity contribution in [1.82, 2.24) is 0 Å². The number of benzene rings is 2. The van der Waals surface area contributed by atoms with Crippen LogP contribution < -0.4 is 5.32 Å². The van der Waals surface area contributed by atoms with Crippen molar-refractivity contribution in [3.8, 4) is 0 Å². The Morgan fingerprint density at radius 2 is 1.84 bits per heavy atom. The maximum atomic E-state index is 12.1. The zero-order valence-electron chi connectivity index (χ0n) is 9.38. The van der Waals surface area contributed by atoms with Gasteiger partial charge in [-0.2, -0.15) is 0 Å². The number of hydrogen-bond donors (Lipinski definition) is 1. The summed E-state index contributed by atoms with van der Waals surface area (Å²) in [6.07, 6.45) is 0. The summed E-state index contributed by atoms with van der Waals surface area (Å²) in [6.45, 7) is 0. The lowest BCUT2D eigenvalue weighted by molar-refractivity contribution is 0.102. The molecule has 0 radical (unpaired) electrons. The summed E-state index contributed by atoms with van der Waals surface area (Å²) in [5.74, 6) is -0.219. The van der Waals surface area contributed by atoms with Gasteiger partial charge < -0.3 is 5.32 Å².